The summed E-state index contributed by atoms with van der Waals surface area (Å²) in [6, 6.07) is 18.7. The van der Waals surface area contributed by atoms with Gasteiger partial charge in [-0.15, -0.1) is 5.10 Å². The minimum Gasteiger partial charge on any atom is -0.478 e. The van der Waals surface area contributed by atoms with Crippen LogP contribution in [0.2, 0.25) is 0 Å². The van der Waals surface area contributed by atoms with Crippen LogP contribution in [-0.2, 0) is 0 Å². The normalized spacial score (nSPS) is 10.8. The highest BCUT2D eigenvalue weighted by Crippen LogP contribution is 2.25. The summed E-state index contributed by atoms with van der Waals surface area (Å²) in [4.78, 5) is 15.5. The zero-order valence-corrected chi connectivity index (χ0v) is 14.0. The van der Waals surface area contributed by atoms with Crippen LogP contribution in [0.25, 0.3) is 16.8 Å². The molecule has 0 unspecified atom stereocenters. The number of carboxylic acids is 1. The number of aromatic nitrogens is 3. The Morgan fingerprint density at radius 1 is 1.04 bits per heavy atom. The molecule has 4 rings (SSSR count). The van der Waals surface area contributed by atoms with Gasteiger partial charge in [-0.05, 0) is 48.9 Å². The number of nitrogens with zero attached hydrogens (tertiary/aromatic N) is 3. The highest BCUT2D eigenvalue weighted by atomic mass is 16.4. The molecule has 0 saturated heterocycles. The third-order valence-corrected chi connectivity index (χ3v) is 4.11. The first-order valence-corrected chi connectivity index (χ1v) is 8.13. The van der Waals surface area contributed by atoms with Gasteiger partial charge in [0.2, 0.25) is 5.95 Å². The maximum Gasteiger partial charge on any atom is 0.335 e. The van der Waals surface area contributed by atoms with Crippen molar-refractivity contribution < 1.29 is 9.90 Å². The molecular formula is C20H16N4O2. The predicted molar refractivity (Wildman–Crippen MR) is 99.8 cm³/mol. The van der Waals surface area contributed by atoms with Crippen LogP contribution in [0.1, 0.15) is 15.9 Å². The molecule has 2 aromatic heterocycles. The molecule has 0 aliphatic carbocycles. The molecule has 0 aliphatic rings. The Labute approximate surface area is 149 Å². The van der Waals surface area contributed by atoms with E-state index in [1.165, 1.54) is 17.7 Å². The van der Waals surface area contributed by atoms with E-state index in [0.29, 0.717) is 5.95 Å². The number of pyridine rings is 1. The van der Waals surface area contributed by atoms with Gasteiger partial charge < -0.3 is 10.4 Å². The van der Waals surface area contributed by atoms with E-state index in [1.807, 2.05) is 18.3 Å². The summed E-state index contributed by atoms with van der Waals surface area (Å²) >= 11 is 0. The topological polar surface area (TPSA) is 79.5 Å². The number of fused-ring (bicyclic) bond motifs is 1. The van der Waals surface area contributed by atoms with Gasteiger partial charge in [-0.2, -0.15) is 4.98 Å². The molecule has 0 bridgehead atoms. The number of carbonyl (C=O) groups is 1. The standard InChI is InChI=1S/C20H16N4O2/c1-13-4-6-14(7-5-13)17-3-2-12-24-18(17)22-20(23-24)21-16-10-8-15(9-11-16)19(25)26/h2-12H,1H3,(H,21,23)(H,25,26). The fraction of sp³-hybridized carbons (Fsp3) is 0.0500. The number of nitrogens with one attached hydrogen (secondary N) is 1. The Kier molecular flexibility index (Phi) is 3.85. The second-order valence-corrected chi connectivity index (χ2v) is 6.00. The second-order valence-electron chi connectivity index (χ2n) is 6.00. The van der Waals surface area contributed by atoms with E-state index in [9.17, 15) is 4.79 Å². The van der Waals surface area contributed by atoms with Crippen LogP contribution in [0, 0.1) is 6.92 Å². The maximum absolute atomic E-state index is 10.9. The summed E-state index contributed by atoms with van der Waals surface area (Å²) in [7, 11) is 0. The highest BCUT2D eigenvalue weighted by molar-refractivity contribution is 5.88. The fourth-order valence-electron chi connectivity index (χ4n) is 2.74. The molecule has 6 heteroatoms. The van der Waals surface area contributed by atoms with Gasteiger partial charge in [0.05, 0.1) is 5.56 Å². The SMILES string of the molecule is Cc1ccc(-c2cccn3nc(Nc4ccc(C(=O)O)cc4)nc23)cc1. The molecule has 2 heterocycles. The Balaban J connectivity index is 1.68. The zero-order valence-electron chi connectivity index (χ0n) is 14.0. The third kappa shape index (κ3) is 3.00. The second kappa shape index (κ2) is 6.33. The van der Waals surface area contributed by atoms with E-state index >= 15 is 0 Å². The molecule has 0 spiro atoms. The van der Waals surface area contributed by atoms with Crippen LogP contribution in [0.5, 0.6) is 0 Å². The van der Waals surface area contributed by atoms with Crippen molar-refractivity contribution >= 4 is 23.3 Å². The Hall–Kier alpha value is -3.67. The molecule has 0 saturated carbocycles. The van der Waals surface area contributed by atoms with Gasteiger partial charge >= 0.3 is 5.97 Å². The molecule has 0 aliphatic heterocycles. The van der Waals surface area contributed by atoms with Gasteiger partial charge in [-0.25, -0.2) is 9.31 Å². The average Bonchev–Trinajstić information content (AvgIpc) is 3.05. The lowest BCUT2D eigenvalue weighted by molar-refractivity contribution is 0.0697. The van der Waals surface area contributed by atoms with Gasteiger partial charge in [-0.1, -0.05) is 29.8 Å². The van der Waals surface area contributed by atoms with Gasteiger partial charge in [0.1, 0.15) is 0 Å². The van der Waals surface area contributed by atoms with Crippen LogP contribution in [0.3, 0.4) is 0 Å². The van der Waals surface area contributed by atoms with E-state index in [1.54, 1.807) is 16.6 Å². The first-order valence-electron chi connectivity index (χ1n) is 8.13. The van der Waals surface area contributed by atoms with Crippen LogP contribution in [-0.4, -0.2) is 25.7 Å². The quantitative estimate of drug-likeness (QED) is 0.581. The minimum atomic E-state index is -0.954. The molecule has 2 N–H and O–H groups in total. The van der Waals surface area contributed by atoms with Crippen LogP contribution >= 0.6 is 0 Å². The molecule has 26 heavy (non-hydrogen) atoms. The average molecular weight is 344 g/mol. The van der Waals surface area contributed by atoms with Crippen molar-refractivity contribution in [1.82, 2.24) is 14.6 Å². The molecule has 2 aromatic carbocycles. The van der Waals surface area contributed by atoms with Crippen molar-refractivity contribution in [2.75, 3.05) is 5.32 Å². The van der Waals surface area contributed by atoms with Crippen LogP contribution < -0.4 is 5.32 Å². The Morgan fingerprint density at radius 2 is 1.77 bits per heavy atom. The van der Waals surface area contributed by atoms with Crippen LogP contribution in [0.4, 0.5) is 11.6 Å². The monoisotopic (exact) mass is 344 g/mol. The van der Waals surface area contributed by atoms with Crippen LogP contribution in [0.15, 0.2) is 66.9 Å². The minimum absolute atomic E-state index is 0.236. The highest BCUT2D eigenvalue weighted by Gasteiger charge is 2.10. The van der Waals surface area contributed by atoms with Crippen molar-refractivity contribution in [3.8, 4) is 11.1 Å². The number of aromatic carboxylic acids is 1. The fourth-order valence-corrected chi connectivity index (χ4v) is 2.74. The van der Waals surface area contributed by atoms with Crippen molar-refractivity contribution in [2.24, 2.45) is 0 Å². The van der Waals surface area contributed by atoms with Gasteiger partial charge in [0, 0.05) is 17.4 Å². The first kappa shape index (κ1) is 15.8. The van der Waals surface area contributed by atoms with Crippen molar-refractivity contribution in [1.29, 1.82) is 0 Å². The number of rotatable bonds is 4. The largest absolute Gasteiger partial charge is 0.478 e. The van der Waals surface area contributed by atoms with Crippen molar-refractivity contribution in [2.45, 2.75) is 6.92 Å². The van der Waals surface area contributed by atoms with Gasteiger partial charge in [-0.3, -0.25) is 0 Å². The molecule has 4 aromatic rings. The van der Waals surface area contributed by atoms with E-state index in [2.05, 4.69) is 46.6 Å². The van der Waals surface area contributed by atoms with Crippen molar-refractivity contribution in [3.63, 3.8) is 0 Å². The lowest BCUT2D eigenvalue weighted by atomic mass is 10.1. The van der Waals surface area contributed by atoms with Gasteiger partial charge in [0.25, 0.3) is 0 Å². The molecule has 128 valence electrons. The Morgan fingerprint density at radius 3 is 2.46 bits per heavy atom. The smallest absolute Gasteiger partial charge is 0.335 e. The molecule has 0 radical (unpaired) electrons. The summed E-state index contributed by atoms with van der Waals surface area (Å²) in [5.74, 6) is -0.502. The molecule has 0 fully saturated rings. The summed E-state index contributed by atoms with van der Waals surface area (Å²) in [6.45, 7) is 2.05. The number of carboxylic acid groups (broad SMARTS) is 1. The predicted octanol–water partition coefficient (Wildman–Crippen LogP) is 4.15. The molecular weight excluding hydrogens is 328 g/mol. The maximum atomic E-state index is 10.9. The van der Waals surface area contributed by atoms with E-state index in [4.69, 9.17) is 5.11 Å². The molecule has 0 atom stereocenters. The number of hydrogen-bond acceptors (Lipinski definition) is 4. The van der Waals surface area contributed by atoms with E-state index in [0.717, 1.165) is 22.5 Å². The third-order valence-electron chi connectivity index (χ3n) is 4.11. The lowest BCUT2D eigenvalue weighted by Gasteiger charge is -2.03. The Bertz CT molecular complexity index is 1080. The summed E-state index contributed by atoms with van der Waals surface area (Å²) in [5.41, 5.74) is 4.98. The van der Waals surface area contributed by atoms with Crippen molar-refractivity contribution in [3.05, 3.63) is 78.0 Å². The lowest BCUT2D eigenvalue weighted by Crippen LogP contribution is -1.97. The molecule has 6 nitrogen and oxygen atoms in total. The summed E-state index contributed by atoms with van der Waals surface area (Å²) in [6.07, 6.45) is 1.85. The zero-order chi connectivity index (χ0) is 18.1. The van der Waals surface area contributed by atoms with E-state index < -0.39 is 5.97 Å². The first-order chi connectivity index (χ1) is 12.6. The number of hydrogen-bond donors (Lipinski definition) is 2. The number of aryl methyl sites for hydroxylation is 1. The van der Waals surface area contributed by atoms with Gasteiger partial charge in [0.15, 0.2) is 5.65 Å². The summed E-state index contributed by atoms with van der Waals surface area (Å²) < 4.78 is 1.73. The summed E-state index contributed by atoms with van der Waals surface area (Å²) in [5, 5.41) is 16.5. The molecule has 0 amide bonds. The van der Waals surface area contributed by atoms with E-state index in [-0.39, 0.29) is 5.56 Å². The number of anilines is 2. The number of benzene rings is 2.